The van der Waals surface area contributed by atoms with Crippen molar-refractivity contribution in [3.8, 4) is 0 Å². The van der Waals surface area contributed by atoms with Crippen LogP contribution in [0, 0.1) is 0 Å². The molecule has 0 aromatic carbocycles. The minimum absolute atomic E-state index is 0.0507. The van der Waals surface area contributed by atoms with Gasteiger partial charge < -0.3 is 20.1 Å². The molecule has 2 atom stereocenters. The topological polar surface area (TPSA) is 134 Å². The Balaban J connectivity index is 3.88. The Morgan fingerprint density at radius 1 is 0.441 bits per heavy atom. The fourth-order valence-corrected chi connectivity index (χ4v) is 8.66. The summed E-state index contributed by atoms with van der Waals surface area (Å²) in [6, 6.07) is 0. The lowest BCUT2D eigenvalue weighted by Gasteiger charge is -2.19. The van der Waals surface area contributed by atoms with E-state index >= 15 is 0 Å². The standard InChI is InChI=1S/C58H106NO8P/c1-3-5-7-9-11-13-15-17-19-20-21-22-23-24-25-26-27-28-29-30-31-32-33-34-35-36-37-39-41-43-45-47-49-51-58(61)67-56(55-66-68(62,63)65-53-52-59)54-64-57(60)50-48-46-44-42-40-38-18-16-14-12-10-8-6-4-2/h10,12,15-18,20-21,23-24,56H,3-9,11,13-14,19,22,25-55,59H2,1-2H3,(H,62,63)/b12-10-,17-15-,18-16-,21-20-,24-23-. The molecule has 0 heterocycles. The van der Waals surface area contributed by atoms with Crippen LogP contribution < -0.4 is 5.73 Å². The van der Waals surface area contributed by atoms with E-state index in [-0.39, 0.29) is 32.6 Å². The summed E-state index contributed by atoms with van der Waals surface area (Å²) in [6.07, 6.45) is 67.1. The van der Waals surface area contributed by atoms with Crippen LogP contribution in [0.2, 0.25) is 0 Å². The van der Waals surface area contributed by atoms with Gasteiger partial charge in [-0.15, -0.1) is 0 Å². The fourth-order valence-electron chi connectivity index (χ4n) is 7.90. The monoisotopic (exact) mass is 976 g/mol. The van der Waals surface area contributed by atoms with E-state index in [4.69, 9.17) is 24.3 Å². The molecule has 2 unspecified atom stereocenters. The molecular weight excluding hydrogens is 870 g/mol. The van der Waals surface area contributed by atoms with E-state index in [1.54, 1.807) is 0 Å². The van der Waals surface area contributed by atoms with E-state index in [0.29, 0.717) is 12.8 Å². The van der Waals surface area contributed by atoms with Gasteiger partial charge in [0, 0.05) is 19.4 Å². The van der Waals surface area contributed by atoms with Gasteiger partial charge in [-0.3, -0.25) is 18.6 Å². The zero-order valence-corrected chi connectivity index (χ0v) is 45.0. The average Bonchev–Trinajstić information content (AvgIpc) is 3.33. The number of unbranched alkanes of at least 4 members (excludes halogenated alkanes) is 30. The van der Waals surface area contributed by atoms with Crippen LogP contribution >= 0.6 is 7.82 Å². The summed E-state index contributed by atoms with van der Waals surface area (Å²) in [6.45, 7) is 3.69. The van der Waals surface area contributed by atoms with Crippen molar-refractivity contribution < 1.29 is 37.6 Å². The van der Waals surface area contributed by atoms with Crippen molar-refractivity contribution in [3.05, 3.63) is 60.8 Å². The number of allylic oxidation sites excluding steroid dienone is 10. The van der Waals surface area contributed by atoms with Gasteiger partial charge in [-0.25, -0.2) is 4.57 Å². The SMILES string of the molecule is CCCC/C=C\C/C=C\CCCCCCCC(=O)OCC(COP(=O)(O)OCCN)OC(=O)CCCCCCCCCCCCCCCCCCCC/C=C\C/C=C\C/C=C\CCCCCCC. The van der Waals surface area contributed by atoms with Gasteiger partial charge in [0.15, 0.2) is 6.10 Å². The fraction of sp³-hybridized carbons (Fsp3) is 0.793. The van der Waals surface area contributed by atoms with E-state index in [1.165, 1.54) is 148 Å². The second-order valence-corrected chi connectivity index (χ2v) is 20.3. The zero-order chi connectivity index (χ0) is 49.5. The van der Waals surface area contributed by atoms with Crippen LogP contribution in [-0.4, -0.2) is 49.3 Å². The molecule has 0 aromatic heterocycles. The number of ether oxygens (including phenoxy) is 2. The molecule has 0 radical (unpaired) electrons. The largest absolute Gasteiger partial charge is 0.472 e. The predicted molar refractivity (Wildman–Crippen MR) is 289 cm³/mol. The number of hydrogen-bond donors (Lipinski definition) is 2. The molecule has 0 spiro atoms. The van der Waals surface area contributed by atoms with Crippen molar-refractivity contribution in [1.29, 1.82) is 0 Å². The average molecular weight is 976 g/mol. The summed E-state index contributed by atoms with van der Waals surface area (Å²) in [5.41, 5.74) is 5.37. The van der Waals surface area contributed by atoms with Crippen molar-refractivity contribution in [2.45, 2.75) is 270 Å². The maximum absolute atomic E-state index is 12.7. The number of phosphoric ester groups is 1. The number of nitrogens with two attached hydrogens (primary N) is 1. The normalized spacial score (nSPS) is 13.5. The van der Waals surface area contributed by atoms with Gasteiger partial charge in [0.25, 0.3) is 0 Å². The summed E-state index contributed by atoms with van der Waals surface area (Å²) >= 11 is 0. The van der Waals surface area contributed by atoms with Gasteiger partial charge in [-0.05, 0) is 77.0 Å². The number of carbonyl (C=O) groups excluding carboxylic acids is 2. The van der Waals surface area contributed by atoms with Crippen LogP contribution in [0.5, 0.6) is 0 Å². The zero-order valence-electron chi connectivity index (χ0n) is 44.1. The van der Waals surface area contributed by atoms with E-state index in [0.717, 1.165) is 77.0 Å². The lowest BCUT2D eigenvalue weighted by atomic mass is 10.0. The van der Waals surface area contributed by atoms with Crippen LogP contribution in [0.4, 0.5) is 0 Å². The second kappa shape index (κ2) is 54.1. The third kappa shape index (κ3) is 53.1. The van der Waals surface area contributed by atoms with Crippen molar-refractivity contribution in [2.24, 2.45) is 5.73 Å². The summed E-state index contributed by atoms with van der Waals surface area (Å²) in [5, 5.41) is 0. The van der Waals surface area contributed by atoms with Gasteiger partial charge in [-0.2, -0.15) is 0 Å². The Morgan fingerprint density at radius 2 is 0.779 bits per heavy atom. The summed E-state index contributed by atoms with van der Waals surface area (Å²) in [5.74, 6) is -0.838. The lowest BCUT2D eigenvalue weighted by Crippen LogP contribution is -2.29. The molecule has 9 nitrogen and oxygen atoms in total. The van der Waals surface area contributed by atoms with Crippen molar-refractivity contribution in [1.82, 2.24) is 0 Å². The second-order valence-electron chi connectivity index (χ2n) is 18.8. The summed E-state index contributed by atoms with van der Waals surface area (Å²) in [7, 11) is -4.39. The first-order valence-electron chi connectivity index (χ1n) is 28.3. The summed E-state index contributed by atoms with van der Waals surface area (Å²) < 4.78 is 32.9. The van der Waals surface area contributed by atoms with E-state index in [2.05, 4.69) is 74.6 Å². The Hall–Kier alpha value is -2.29. The van der Waals surface area contributed by atoms with Crippen LogP contribution in [-0.2, 0) is 32.7 Å². The van der Waals surface area contributed by atoms with Crippen molar-refractivity contribution in [3.63, 3.8) is 0 Å². The highest BCUT2D eigenvalue weighted by atomic mass is 31.2. The molecule has 3 N–H and O–H groups in total. The minimum Gasteiger partial charge on any atom is -0.462 e. The van der Waals surface area contributed by atoms with Gasteiger partial charge in [0.05, 0.1) is 13.2 Å². The first-order valence-corrected chi connectivity index (χ1v) is 29.8. The van der Waals surface area contributed by atoms with Crippen LogP contribution in [0.1, 0.15) is 264 Å². The maximum Gasteiger partial charge on any atom is 0.472 e. The first-order chi connectivity index (χ1) is 33.3. The molecule has 0 amide bonds. The molecule has 0 aliphatic heterocycles. The number of esters is 2. The molecule has 0 aromatic rings. The first kappa shape index (κ1) is 65.7. The van der Waals surface area contributed by atoms with Crippen LogP contribution in [0.3, 0.4) is 0 Å². The highest BCUT2D eigenvalue weighted by molar-refractivity contribution is 7.47. The van der Waals surface area contributed by atoms with Crippen molar-refractivity contribution in [2.75, 3.05) is 26.4 Å². The molecule has 0 rings (SSSR count). The Labute approximate surface area is 419 Å². The molecular formula is C58H106NO8P. The number of rotatable bonds is 53. The lowest BCUT2D eigenvalue weighted by molar-refractivity contribution is -0.161. The van der Waals surface area contributed by atoms with Crippen LogP contribution in [0.25, 0.3) is 0 Å². The van der Waals surface area contributed by atoms with E-state index in [1.807, 2.05) is 0 Å². The molecule has 0 fully saturated rings. The molecule has 0 saturated carbocycles. The van der Waals surface area contributed by atoms with Crippen LogP contribution in [0.15, 0.2) is 60.8 Å². The molecule has 10 heteroatoms. The Bertz CT molecular complexity index is 1300. The molecule has 68 heavy (non-hydrogen) atoms. The van der Waals surface area contributed by atoms with Gasteiger partial charge >= 0.3 is 19.8 Å². The molecule has 0 saturated heterocycles. The maximum atomic E-state index is 12.7. The van der Waals surface area contributed by atoms with E-state index in [9.17, 15) is 19.0 Å². The molecule has 0 aliphatic carbocycles. The molecule has 396 valence electrons. The molecule has 0 bridgehead atoms. The highest BCUT2D eigenvalue weighted by Gasteiger charge is 2.26. The number of hydrogen-bond acceptors (Lipinski definition) is 8. The number of carbonyl (C=O) groups is 2. The third-order valence-electron chi connectivity index (χ3n) is 12.1. The van der Waals surface area contributed by atoms with Gasteiger partial charge in [0.2, 0.25) is 0 Å². The Kier molecular flexibility index (Phi) is 52.2. The highest BCUT2D eigenvalue weighted by Crippen LogP contribution is 2.43. The molecule has 0 aliphatic rings. The third-order valence-corrected chi connectivity index (χ3v) is 13.1. The van der Waals surface area contributed by atoms with E-state index < -0.39 is 32.5 Å². The van der Waals surface area contributed by atoms with Gasteiger partial charge in [0.1, 0.15) is 6.61 Å². The Morgan fingerprint density at radius 3 is 1.18 bits per heavy atom. The van der Waals surface area contributed by atoms with Gasteiger partial charge in [-0.1, -0.05) is 235 Å². The summed E-state index contributed by atoms with van der Waals surface area (Å²) in [4.78, 5) is 35.1. The smallest absolute Gasteiger partial charge is 0.462 e. The quantitative estimate of drug-likeness (QED) is 0.0264. The number of phosphoric acid groups is 1. The minimum atomic E-state index is -4.39. The van der Waals surface area contributed by atoms with Crippen molar-refractivity contribution >= 4 is 19.8 Å². The predicted octanol–water partition coefficient (Wildman–Crippen LogP) is 17.6.